The summed E-state index contributed by atoms with van der Waals surface area (Å²) in [5.41, 5.74) is 0.994. The third kappa shape index (κ3) is 3.39. The van der Waals surface area contributed by atoms with Gasteiger partial charge in [-0.1, -0.05) is 18.2 Å². The predicted octanol–water partition coefficient (Wildman–Crippen LogP) is 3.09. The van der Waals surface area contributed by atoms with Crippen molar-refractivity contribution in [1.82, 2.24) is 0 Å². The van der Waals surface area contributed by atoms with E-state index < -0.39 is 20.0 Å². The average Bonchev–Trinajstić information content (AvgIpc) is 2.16. The molecule has 0 heterocycles. The molecule has 0 aromatic heterocycles. The van der Waals surface area contributed by atoms with E-state index in [4.69, 9.17) is 0 Å². The van der Waals surface area contributed by atoms with Crippen molar-refractivity contribution < 1.29 is 29.7 Å². The van der Waals surface area contributed by atoms with Crippen molar-refractivity contribution in [2.45, 2.75) is 20.0 Å². The van der Waals surface area contributed by atoms with Gasteiger partial charge in [0.1, 0.15) is 20.0 Å². The first-order valence-electron chi connectivity index (χ1n) is 3.59. The fourth-order valence-corrected chi connectivity index (χ4v) is 1.07. The Morgan fingerprint density at radius 1 is 0.692 bits per heavy atom. The summed E-state index contributed by atoms with van der Waals surface area (Å²) in [5, 5.41) is 0. The second kappa shape index (κ2) is 6.03. The molecule has 0 aliphatic carbocycles. The Labute approximate surface area is 85.1 Å². The zero-order valence-electron chi connectivity index (χ0n) is 6.80. The molecule has 1 rings (SSSR count). The van der Waals surface area contributed by atoms with Crippen LogP contribution in [0.4, 0.5) is 13.2 Å². The Morgan fingerprint density at radius 2 is 0.923 bits per heavy atom. The van der Waals surface area contributed by atoms with E-state index in [0.717, 1.165) is 0 Å². The van der Waals surface area contributed by atoms with Crippen molar-refractivity contribution >= 4 is 0 Å². The van der Waals surface area contributed by atoms with Crippen molar-refractivity contribution in [1.29, 1.82) is 0 Å². The number of alkyl halides is 3. The molecule has 0 amide bonds. The van der Waals surface area contributed by atoms with Gasteiger partial charge in [-0.15, -0.1) is 0 Å². The van der Waals surface area contributed by atoms with Crippen LogP contribution in [0, 0.1) is 0 Å². The normalized spacial score (nSPS) is 9.46. The van der Waals surface area contributed by atoms with Crippen molar-refractivity contribution in [3.8, 4) is 0 Å². The zero-order valence-corrected chi connectivity index (χ0v) is 7.79. The molecule has 4 heteroatoms. The molecule has 0 fully saturated rings. The quantitative estimate of drug-likeness (QED) is 0.703. The van der Waals surface area contributed by atoms with Crippen LogP contribution in [-0.4, -0.2) is 0 Å². The van der Waals surface area contributed by atoms with Crippen LogP contribution in [-0.2, 0) is 36.5 Å². The first-order chi connectivity index (χ1) is 5.80. The van der Waals surface area contributed by atoms with E-state index in [0.29, 0.717) is 16.7 Å². The van der Waals surface area contributed by atoms with E-state index >= 15 is 0 Å². The average molecular weight is 233 g/mol. The van der Waals surface area contributed by atoms with Gasteiger partial charge in [-0.2, -0.15) is 0 Å². The van der Waals surface area contributed by atoms with Gasteiger partial charge in [0.05, 0.1) is 0 Å². The molecule has 1 aromatic rings. The minimum atomic E-state index is -0.680. The maximum absolute atomic E-state index is 12.1. The molecule has 0 N–H and O–H groups in total. The molecule has 0 nitrogen and oxygen atoms in total. The number of hydrogen-bond acceptors (Lipinski definition) is 0. The molecule has 0 spiro atoms. The molecular formula is C9H9F3Ni. The Morgan fingerprint density at radius 3 is 1.08 bits per heavy atom. The second-order valence-corrected chi connectivity index (χ2v) is 2.56. The van der Waals surface area contributed by atoms with Crippen LogP contribution < -0.4 is 0 Å². The summed E-state index contributed by atoms with van der Waals surface area (Å²) in [6, 6.07) is 4.21. The van der Waals surface area contributed by atoms with Crippen LogP contribution in [0.25, 0.3) is 0 Å². The minimum absolute atomic E-state index is 0. The second-order valence-electron chi connectivity index (χ2n) is 2.56. The van der Waals surface area contributed by atoms with Crippen molar-refractivity contribution in [3.63, 3.8) is 0 Å². The summed E-state index contributed by atoms with van der Waals surface area (Å²) >= 11 is 0. The van der Waals surface area contributed by atoms with Crippen LogP contribution in [0.1, 0.15) is 16.7 Å². The van der Waals surface area contributed by atoms with Gasteiger partial charge >= 0.3 is 0 Å². The molecule has 0 atom stereocenters. The summed E-state index contributed by atoms with van der Waals surface area (Å²) in [6.07, 6.45) is 0. The number of rotatable bonds is 3. The van der Waals surface area contributed by atoms with E-state index in [1.807, 2.05) is 0 Å². The van der Waals surface area contributed by atoms with Crippen molar-refractivity contribution in [3.05, 3.63) is 34.9 Å². The maximum atomic E-state index is 12.1. The first kappa shape index (κ1) is 12.5. The van der Waals surface area contributed by atoms with Gasteiger partial charge in [0, 0.05) is 16.5 Å². The third-order valence-corrected chi connectivity index (χ3v) is 1.58. The predicted molar refractivity (Wildman–Crippen MR) is 40.9 cm³/mol. The van der Waals surface area contributed by atoms with Crippen LogP contribution >= 0.6 is 0 Å². The standard InChI is InChI=1S/C9H9F3.Ni/c10-4-7-1-8(5-11)3-9(2-7)6-12;/h1-3H,4-6H2;. The van der Waals surface area contributed by atoms with Gasteiger partial charge < -0.3 is 0 Å². The van der Waals surface area contributed by atoms with Crippen LogP contribution in [0.5, 0.6) is 0 Å². The molecule has 0 saturated heterocycles. The molecule has 0 radical (unpaired) electrons. The van der Waals surface area contributed by atoms with E-state index in [2.05, 4.69) is 0 Å². The maximum Gasteiger partial charge on any atom is 0.115 e. The van der Waals surface area contributed by atoms with Crippen molar-refractivity contribution in [2.75, 3.05) is 0 Å². The van der Waals surface area contributed by atoms with Gasteiger partial charge in [-0.3, -0.25) is 0 Å². The molecule has 0 bridgehead atoms. The monoisotopic (exact) mass is 232 g/mol. The molecule has 76 valence electrons. The summed E-state index contributed by atoms with van der Waals surface area (Å²) in [7, 11) is 0. The largest absolute Gasteiger partial charge is 0.246 e. The Kier molecular flexibility index (Phi) is 5.80. The molecular weight excluding hydrogens is 224 g/mol. The van der Waals surface area contributed by atoms with Crippen molar-refractivity contribution in [2.24, 2.45) is 0 Å². The fraction of sp³-hybridized carbons (Fsp3) is 0.333. The van der Waals surface area contributed by atoms with Gasteiger partial charge in [-0.25, -0.2) is 13.2 Å². The van der Waals surface area contributed by atoms with Gasteiger partial charge in [0.15, 0.2) is 0 Å². The molecule has 0 saturated carbocycles. The summed E-state index contributed by atoms with van der Waals surface area (Å²) in [6.45, 7) is -2.04. The zero-order chi connectivity index (χ0) is 8.97. The fourth-order valence-electron chi connectivity index (χ4n) is 1.07. The van der Waals surface area contributed by atoms with E-state index in [1.165, 1.54) is 18.2 Å². The third-order valence-electron chi connectivity index (χ3n) is 1.58. The summed E-state index contributed by atoms with van der Waals surface area (Å²) in [5.74, 6) is 0. The number of benzene rings is 1. The van der Waals surface area contributed by atoms with Gasteiger partial charge in [0.2, 0.25) is 0 Å². The van der Waals surface area contributed by atoms with Crippen LogP contribution in [0.15, 0.2) is 18.2 Å². The SMILES string of the molecule is FCc1cc(CF)cc(CF)c1.[Ni]. The van der Waals surface area contributed by atoms with E-state index in [9.17, 15) is 13.2 Å². The Balaban J connectivity index is 0.00000144. The molecule has 0 aliphatic rings. The molecule has 0 unspecified atom stereocenters. The van der Waals surface area contributed by atoms with Gasteiger partial charge in [-0.05, 0) is 16.7 Å². The van der Waals surface area contributed by atoms with E-state index in [-0.39, 0.29) is 16.5 Å². The molecule has 0 aliphatic heterocycles. The molecule has 1 aromatic carbocycles. The number of halogens is 3. The molecule has 13 heavy (non-hydrogen) atoms. The van der Waals surface area contributed by atoms with Crippen LogP contribution in [0.3, 0.4) is 0 Å². The topological polar surface area (TPSA) is 0 Å². The summed E-state index contributed by atoms with van der Waals surface area (Å²) in [4.78, 5) is 0. The summed E-state index contributed by atoms with van der Waals surface area (Å²) < 4.78 is 36.3. The Bertz CT molecular complexity index is 208. The van der Waals surface area contributed by atoms with E-state index in [1.54, 1.807) is 0 Å². The first-order valence-corrected chi connectivity index (χ1v) is 3.59. The minimum Gasteiger partial charge on any atom is -0.246 e. The van der Waals surface area contributed by atoms with Gasteiger partial charge in [0.25, 0.3) is 0 Å². The van der Waals surface area contributed by atoms with Crippen LogP contribution in [0.2, 0.25) is 0 Å². The smallest absolute Gasteiger partial charge is 0.115 e. The Hall–Kier alpha value is -0.496. The number of hydrogen-bond donors (Lipinski definition) is 0.